The Morgan fingerprint density at radius 3 is 2.88 bits per heavy atom. The van der Waals surface area contributed by atoms with Crippen LogP contribution in [0.25, 0.3) is 10.8 Å². The van der Waals surface area contributed by atoms with Crippen molar-refractivity contribution in [2.45, 2.75) is 19.4 Å². The Kier molecular flexibility index (Phi) is 6.26. The van der Waals surface area contributed by atoms with Crippen molar-refractivity contribution in [3.63, 3.8) is 0 Å². The van der Waals surface area contributed by atoms with Gasteiger partial charge >= 0.3 is 5.97 Å². The number of fused-ring (bicyclic) bond motifs is 1. The maximum Gasteiger partial charge on any atom is 0.334 e. The Hall–Kier alpha value is -4.33. The minimum absolute atomic E-state index is 0.117. The molecule has 4 N–H and O–H groups in total. The summed E-state index contributed by atoms with van der Waals surface area (Å²) in [6, 6.07) is 11.0. The molecule has 4 rings (SSSR count). The zero-order chi connectivity index (χ0) is 23.4. The number of benzene rings is 2. The predicted octanol–water partition coefficient (Wildman–Crippen LogP) is 3.29. The number of allylic oxidation sites excluding steroid dienone is 1. The van der Waals surface area contributed by atoms with Crippen molar-refractivity contribution >= 4 is 34.6 Å². The Morgan fingerprint density at radius 1 is 1.27 bits per heavy atom. The predicted molar refractivity (Wildman–Crippen MR) is 127 cm³/mol. The molecule has 0 spiro atoms. The van der Waals surface area contributed by atoms with E-state index < -0.39 is 0 Å². The van der Waals surface area contributed by atoms with Gasteiger partial charge in [-0.1, -0.05) is 43.0 Å². The van der Waals surface area contributed by atoms with Gasteiger partial charge in [0.2, 0.25) is 5.91 Å². The highest BCUT2D eigenvalue weighted by molar-refractivity contribution is 6.03. The molecule has 8 heteroatoms. The van der Waals surface area contributed by atoms with E-state index in [0.717, 1.165) is 16.3 Å². The first-order valence-corrected chi connectivity index (χ1v) is 10.4. The van der Waals surface area contributed by atoms with Gasteiger partial charge in [0.1, 0.15) is 23.9 Å². The van der Waals surface area contributed by atoms with Gasteiger partial charge in [-0.05, 0) is 17.7 Å². The number of nitrogens with two attached hydrogens (primary N) is 1. The van der Waals surface area contributed by atoms with E-state index >= 15 is 0 Å². The van der Waals surface area contributed by atoms with Crippen LogP contribution in [0, 0.1) is 0 Å². The van der Waals surface area contributed by atoms with Gasteiger partial charge in [0.25, 0.3) is 0 Å². The molecular formula is C25H24N4O4. The molecule has 0 radical (unpaired) electrons. The second kappa shape index (κ2) is 9.44. The number of rotatable bonds is 7. The van der Waals surface area contributed by atoms with Gasteiger partial charge in [-0.15, -0.1) is 0 Å². The first-order valence-electron chi connectivity index (χ1n) is 10.4. The maximum absolute atomic E-state index is 11.7. The normalized spacial score (nSPS) is 17.8. The Labute approximate surface area is 191 Å². The van der Waals surface area contributed by atoms with Crippen LogP contribution in [0.2, 0.25) is 0 Å². The summed E-state index contributed by atoms with van der Waals surface area (Å²) in [6.07, 6.45) is 7.26. The number of carbonyl (C=O) groups excluding carboxylic acids is 2. The summed E-state index contributed by atoms with van der Waals surface area (Å²) in [5, 5.41) is 7.62. The second-order valence-corrected chi connectivity index (χ2v) is 7.66. The summed E-state index contributed by atoms with van der Waals surface area (Å²) >= 11 is 0. The fourth-order valence-corrected chi connectivity index (χ4v) is 3.72. The number of carbonyl (C=O) groups is 2. The summed E-state index contributed by atoms with van der Waals surface area (Å²) < 4.78 is 10.9. The Balaban J connectivity index is 1.38. The van der Waals surface area contributed by atoms with Gasteiger partial charge in [-0.3, -0.25) is 9.79 Å². The van der Waals surface area contributed by atoms with Crippen LogP contribution in [-0.4, -0.2) is 30.7 Å². The van der Waals surface area contributed by atoms with Crippen molar-refractivity contribution in [2.24, 2.45) is 10.7 Å². The quantitative estimate of drug-likeness (QED) is 0.343. The molecule has 33 heavy (non-hydrogen) atoms. The van der Waals surface area contributed by atoms with Gasteiger partial charge in [0, 0.05) is 35.4 Å². The lowest BCUT2D eigenvalue weighted by atomic mass is 9.96. The van der Waals surface area contributed by atoms with Crippen molar-refractivity contribution in [1.29, 1.82) is 0 Å². The van der Waals surface area contributed by atoms with E-state index in [4.69, 9.17) is 15.2 Å². The van der Waals surface area contributed by atoms with Crippen molar-refractivity contribution in [3.8, 4) is 5.75 Å². The van der Waals surface area contributed by atoms with Gasteiger partial charge in [0.15, 0.2) is 0 Å². The molecular weight excluding hydrogens is 420 g/mol. The van der Waals surface area contributed by atoms with E-state index in [-0.39, 0.29) is 17.9 Å². The van der Waals surface area contributed by atoms with Crippen LogP contribution in [0.1, 0.15) is 13.3 Å². The highest BCUT2D eigenvalue weighted by Gasteiger charge is 2.28. The van der Waals surface area contributed by atoms with E-state index in [2.05, 4.69) is 22.2 Å². The minimum Gasteiger partial charge on any atom is -0.457 e. The average Bonchev–Trinajstić information content (AvgIpc) is 3.14. The zero-order valence-corrected chi connectivity index (χ0v) is 18.1. The number of hydrogen-bond donors (Lipinski definition) is 3. The van der Waals surface area contributed by atoms with E-state index in [0.29, 0.717) is 41.6 Å². The molecule has 0 saturated heterocycles. The largest absolute Gasteiger partial charge is 0.457 e. The summed E-state index contributed by atoms with van der Waals surface area (Å²) in [5.41, 5.74) is 8.32. The van der Waals surface area contributed by atoms with Crippen LogP contribution in [-0.2, 0) is 14.3 Å². The average molecular weight is 444 g/mol. The molecule has 0 aromatic heterocycles. The molecule has 1 amide bonds. The van der Waals surface area contributed by atoms with Gasteiger partial charge in [0.05, 0.1) is 18.5 Å². The number of nitrogens with one attached hydrogen (secondary N) is 2. The third-order valence-electron chi connectivity index (χ3n) is 5.16. The molecule has 1 aliphatic carbocycles. The first kappa shape index (κ1) is 21.9. The molecule has 0 saturated carbocycles. The topological polar surface area (TPSA) is 115 Å². The molecule has 1 unspecified atom stereocenters. The lowest BCUT2D eigenvalue weighted by molar-refractivity contribution is -0.136. The molecule has 1 atom stereocenters. The fourth-order valence-electron chi connectivity index (χ4n) is 3.72. The number of aliphatic imine (C=N–C) groups is 1. The van der Waals surface area contributed by atoms with E-state index in [1.165, 1.54) is 19.3 Å². The maximum atomic E-state index is 11.7. The second-order valence-electron chi connectivity index (χ2n) is 7.66. The third-order valence-corrected chi connectivity index (χ3v) is 5.16. The van der Waals surface area contributed by atoms with Crippen LogP contribution in [0.15, 0.2) is 89.0 Å². The van der Waals surface area contributed by atoms with Crippen LogP contribution >= 0.6 is 0 Å². The van der Waals surface area contributed by atoms with Crippen molar-refractivity contribution in [2.75, 3.05) is 11.9 Å². The van der Waals surface area contributed by atoms with Gasteiger partial charge in [-0.2, -0.15) is 0 Å². The number of ether oxygens (including phenoxy) is 2. The Bertz CT molecular complexity index is 1260. The zero-order valence-electron chi connectivity index (χ0n) is 18.1. The molecule has 0 bridgehead atoms. The Morgan fingerprint density at radius 2 is 2.06 bits per heavy atom. The lowest BCUT2D eigenvalue weighted by Gasteiger charge is -2.19. The smallest absolute Gasteiger partial charge is 0.334 e. The summed E-state index contributed by atoms with van der Waals surface area (Å²) in [5.74, 6) is 0.832. The number of anilines is 1. The molecule has 0 fully saturated rings. The van der Waals surface area contributed by atoms with Crippen molar-refractivity contribution in [1.82, 2.24) is 5.32 Å². The third kappa shape index (κ3) is 5.12. The summed E-state index contributed by atoms with van der Waals surface area (Å²) in [7, 11) is 0. The minimum atomic E-state index is -0.271. The number of esters is 1. The highest BCUT2D eigenvalue weighted by atomic mass is 16.5. The molecule has 2 aromatic carbocycles. The standard InChI is InChI=1S/C25H24N4O4/c1-15(33-23-8-4-5-19-20(23)6-3-7-22(19)28-16(2)30)12-27-13-24(26)29-18-10-9-17-14-32-25(31)21(17)11-18/h3-10,12-13,18,29H,1,11,14,26H2,2H3,(H,28,30)/b24-13+,27-12-. The van der Waals surface area contributed by atoms with Crippen molar-refractivity contribution < 1.29 is 19.1 Å². The van der Waals surface area contributed by atoms with E-state index in [1.54, 1.807) is 0 Å². The van der Waals surface area contributed by atoms with Crippen LogP contribution in [0.5, 0.6) is 5.75 Å². The highest BCUT2D eigenvalue weighted by Crippen LogP contribution is 2.31. The molecule has 1 heterocycles. The monoisotopic (exact) mass is 444 g/mol. The van der Waals surface area contributed by atoms with Gasteiger partial charge < -0.3 is 25.8 Å². The number of nitrogens with zero attached hydrogens (tertiary/aromatic N) is 1. The van der Waals surface area contributed by atoms with E-state index in [1.807, 2.05) is 48.6 Å². The fraction of sp³-hybridized carbons (Fsp3) is 0.160. The molecule has 168 valence electrons. The molecule has 2 aliphatic rings. The number of hydrogen-bond acceptors (Lipinski definition) is 7. The molecule has 2 aromatic rings. The van der Waals surface area contributed by atoms with Crippen molar-refractivity contribution in [3.05, 3.63) is 84.1 Å². The van der Waals surface area contributed by atoms with Crippen LogP contribution < -0.4 is 21.1 Å². The lowest BCUT2D eigenvalue weighted by Crippen LogP contribution is -2.32. The molecule has 1 aliphatic heterocycles. The summed E-state index contributed by atoms with van der Waals surface area (Å²) in [4.78, 5) is 27.4. The first-order chi connectivity index (χ1) is 15.9. The number of cyclic esters (lactones) is 1. The number of amides is 1. The summed E-state index contributed by atoms with van der Waals surface area (Å²) in [6.45, 7) is 5.68. The molecule has 8 nitrogen and oxygen atoms in total. The SMILES string of the molecule is C=C(/C=N\C=C(/N)NC1C=CC2=C(C1)C(=O)OC2)Oc1cccc2c(NC(C)=O)cccc12. The van der Waals surface area contributed by atoms with Gasteiger partial charge in [-0.25, -0.2) is 4.79 Å². The van der Waals surface area contributed by atoms with E-state index in [9.17, 15) is 9.59 Å². The van der Waals surface area contributed by atoms with Crippen LogP contribution in [0.4, 0.5) is 5.69 Å². The van der Waals surface area contributed by atoms with Crippen LogP contribution in [0.3, 0.4) is 0 Å².